The molecule has 1 aromatic rings. The summed E-state index contributed by atoms with van der Waals surface area (Å²) in [5.41, 5.74) is 5.89. The Morgan fingerprint density at radius 1 is 1.15 bits per heavy atom. The number of rotatable bonds is 9. The van der Waals surface area contributed by atoms with Crippen LogP contribution in [0.15, 0.2) is 24.3 Å². The van der Waals surface area contributed by atoms with Gasteiger partial charge in [-0.25, -0.2) is 0 Å². The van der Waals surface area contributed by atoms with Crippen molar-refractivity contribution >= 4 is 29.3 Å². The number of halogens is 1. The van der Waals surface area contributed by atoms with E-state index >= 15 is 0 Å². The number of carbonyl (C=O) groups is 3. The van der Waals surface area contributed by atoms with E-state index in [-0.39, 0.29) is 36.6 Å². The molecule has 0 bridgehead atoms. The number of nitrogens with two attached hydrogens (primary N) is 1. The maximum absolute atomic E-state index is 11.9. The van der Waals surface area contributed by atoms with E-state index in [0.717, 1.165) is 32.4 Å². The molecule has 0 saturated carbocycles. The Labute approximate surface area is 164 Å². The summed E-state index contributed by atoms with van der Waals surface area (Å²) in [6.07, 6.45) is 2.89. The van der Waals surface area contributed by atoms with Crippen LogP contribution in [0.4, 0.5) is 0 Å². The fourth-order valence-electron chi connectivity index (χ4n) is 3.10. The number of amides is 3. The molecule has 1 fully saturated rings. The maximum Gasteiger partial charge on any atom is 0.251 e. The summed E-state index contributed by atoms with van der Waals surface area (Å²) < 4.78 is 0. The van der Waals surface area contributed by atoms with Crippen LogP contribution >= 0.6 is 11.6 Å². The first kappa shape index (κ1) is 21.2. The molecule has 1 saturated heterocycles. The monoisotopic (exact) mass is 394 g/mol. The van der Waals surface area contributed by atoms with Crippen molar-refractivity contribution < 1.29 is 14.4 Å². The van der Waals surface area contributed by atoms with E-state index in [1.54, 1.807) is 24.3 Å². The molecule has 8 heteroatoms. The van der Waals surface area contributed by atoms with Crippen LogP contribution in [0.1, 0.15) is 36.0 Å². The average Bonchev–Trinajstić information content (AvgIpc) is 2.66. The average molecular weight is 395 g/mol. The van der Waals surface area contributed by atoms with Gasteiger partial charge in [-0.05, 0) is 56.6 Å². The third kappa shape index (κ3) is 7.56. The van der Waals surface area contributed by atoms with Crippen molar-refractivity contribution in [2.75, 3.05) is 32.7 Å². The second-order valence-corrected chi connectivity index (χ2v) is 7.19. The predicted molar refractivity (Wildman–Crippen MR) is 104 cm³/mol. The number of nitrogens with one attached hydrogen (secondary N) is 2. The molecule has 2 rings (SSSR count). The van der Waals surface area contributed by atoms with Gasteiger partial charge in [-0.15, -0.1) is 0 Å². The maximum atomic E-state index is 11.9. The Morgan fingerprint density at radius 2 is 1.89 bits per heavy atom. The fraction of sp³-hybridized carbons (Fsp3) is 0.526. The summed E-state index contributed by atoms with van der Waals surface area (Å²) in [6, 6.07) is 6.58. The SMILES string of the molecule is NC(=O)C1CCCN(CCCNC(=O)CCNC(=O)c2ccc(Cl)cc2)C1. The van der Waals surface area contributed by atoms with Gasteiger partial charge in [0.2, 0.25) is 11.8 Å². The Balaban J connectivity index is 1.55. The molecule has 0 aliphatic carbocycles. The van der Waals surface area contributed by atoms with Crippen LogP contribution in [0.3, 0.4) is 0 Å². The summed E-state index contributed by atoms with van der Waals surface area (Å²) in [7, 11) is 0. The number of hydrogen-bond donors (Lipinski definition) is 3. The van der Waals surface area contributed by atoms with Crippen LogP contribution in [-0.2, 0) is 9.59 Å². The molecule has 0 aromatic heterocycles. The van der Waals surface area contributed by atoms with Gasteiger partial charge in [-0.1, -0.05) is 11.6 Å². The van der Waals surface area contributed by atoms with Crippen molar-refractivity contribution in [1.29, 1.82) is 0 Å². The number of nitrogens with zero attached hydrogens (tertiary/aromatic N) is 1. The molecule has 27 heavy (non-hydrogen) atoms. The zero-order chi connectivity index (χ0) is 19.6. The molecule has 148 valence electrons. The van der Waals surface area contributed by atoms with E-state index in [4.69, 9.17) is 17.3 Å². The van der Waals surface area contributed by atoms with Gasteiger partial charge >= 0.3 is 0 Å². The molecule has 1 aliphatic heterocycles. The fourth-order valence-corrected chi connectivity index (χ4v) is 3.23. The summed E-state index contributed by atoms with van der Waals surface area (Å²) in [5.74, 6) is -0.611. The smallest absolute Gasteiger partial charge is 0.251 e. The molecule has 3 amide bonds. The minimum atomic E-state index is -0.228. The lowest BCUT2D eigenvalue weighted by Gasteiger charge is -2.31. The second-order valence-electron chi connectivity index (χ2n) is 6.76. The molecular formula is C19H27ClN4O3. The number of piperidine rings is 1. The molecule has 7 nitrogen and oxygen atoms in total. The van der Waals surface area contributed by atoms with Crippen molar-refractivity contribution in [3.63, 3.8) is 0 Å². The van der Waals surface area contributed by atoms with Crippen LogP contribution in [-0.4, -0.2) is 55.3 Å². The van der Waals surface area contributed by atoms with E-state index in [2.05, 4.69) is 15.5 Å². The van der Waals surface area contributed by atoms with E-state index in [1.165, 1.54) is 0 Å². The standard InChI is InChI=1S/C19H27ClN4O3/c20-16-6-4-14(5-7-16)19(27)23-10-8-17(25)22-9-2-12-24-11-1-3-15(13-24)18(21)26/h4-7,15H,1-3,8-13H2,(H2,21,26)(H,22,25)(H,23,27). The van der Waals surface area contributed by atoms with E-state index < -0.39 is 0 Å². The zero-order valence-electron chi connectivity index (χ0n) is 15.4. The van der Waals surface area contributed by atoms with Gasteiger partial charge in [0.15, 0.2) is 0 Å². The number of carbonyl (C=O) groups excluding carboxylic acids is 3. The van der Waals surface area contributed by atoms with Crippen LogP contribution in [0.5, 0.6) is 0 Å². The Kier molecular flexibility index (Phi) is 8.54. The van der Waals surface area contributed by atoms with Crippen LogP contribution in [0.2, 0.25) is 5.02 Å². The van der Waals surface area contributed by atoms with E-state index in [9.17, 15) is 14.4 Å². The van der Waals surface area contributed by atoms with Crippen LogP contribution < -0.4 is 16.4 Å². The zero-order valence-corrected chi connectivity index (χ0v) is 16.1. The normalized spacial score (nSPS) is 17.3. The highest BCUT2D eigenvalue weighted by atomic mass is 35.5. The van der Waals surface area contributed by atoms with Gasteiger partial charge in [0.1, 0.15) is 0 Å². The van der Waals surface area contributed by atoms with Crippen molar-refractivity contribution in [3.05, 3.63) is 34.9 Å². The topological polar surface area (TPSA) is 105 Å². The Bertz CT molecular complexity index is 651. The van der Waals surface area contributed by atoms with Crippen LogP contribution in [0.25, 0.3) is 0 Å². The molecule has 4 N–H and O–H groups in total. The van der Waals surface area contributed by atoms with Crippen molar-refractivity contribution in [3.8, 4) is 0 Å². The minimum Gasteiger partial charge on any atom is -0.369 e. The third-order valence-corrected chi connectivity index (χ3v) is 4.88. The lowest BCUT2D eigenvalue weighted by molar-refractivity contribution is -0.123. The number of benzene rings is 1. The number of primary amides is 1. The molecule has 0 spiro atoms. The van der Waals surface area contributed by atoms with Gasteiger partial charge in [0, 0.05) is 36.6 Å². The van der Waals surface area contributed by atoms with E-state index in [0.29, 0.717) is 23.7 Å². The highest BCUT2D eigenvalue weighted by Crippen LogP contribution is 2.15. The van der Waals surface area contributed by atoms with Gasteiger partial charge in [0.25, 0.3) is 5.91 Å². The first-order chi connectivity index (χ1) is 13.0. The molecule has 0 radical (unpaired) electrons. The third-order valence-electron chi connectivity index (χ3n) is 4.63. The van der Waals surface area contributed by atoms with Gasteiger partial charge in [0.05, 0.1) is 5.92 Å². The molecule has 1 heterocycles. The minimum absolute atomic E-state index is 0.0578. The van der Waals surface area contributed by atoms with Crippen molar-refractivity contribution in [2.24, 2.45) is 11.7 Å². The molecule has 1 aromatic carbocycles. The highest BCUT2D eigenvalue weighted by Gasteiger charge is 2.23. The first-order valence-corrected chi connectivity index (χ1v) is 9.65. The summed E-state index contributed by atoms with van der Waals surface area (Å²) in [4.78, 5) is 37.3. The lowest BCUT2D eigenvalue weighted by Crippen LogP contribution is -2.42. The first-order valence-electron chi connectivity index (χ1n) is 9.28. The lowest BCUT2D eigenvalue weighted by atomic mass is 9.97. The van der Waals surface area contributed by atoms with E-state index in [1.807, 2.05) is 0 Å². The van der Waals surface area contributed by atoms with Crippen molar-refractivity contribution in [2.45, 2.75) is 25.7 Å². The Hall–Kier alpha value is -2.12. The van der Waals surface area contributed by atoms with Gasteiger partial charge < -0.3 is 21.3 Å². The summed E-state index contributed by atoms with van der Waals surface area (Å²) >= 11 is 5.79. The van der Waals surface area contributed by atoms with Crippen LogP contribution in [0, 0.1) is 5.92 Å². The molecular weight excluding hydrogens is 368 g/mol. The number of hydrogen-bond acceptors (Lipinski definition) is 4. The number of likely N-dealkylation sites (tertiary alicyclic amines) is 1. The van der Waals surface area contributed by atoms with Gasteiger partial charge in [-0.3, -0.25) is 14.4 Å². The molecule has 1 aliphatic rings. The highest BCUT2D eigenvalue weighted by molar-refractivity contribution is 6.30. The molecule has 1 unspecified atom stereocenters. The van der Waals surface area contributed by atoms with Gasteiger partial charge in [-0.2, -0.15) is 0 Å². The predicted octanol–water partition coefficient (Wildman–Crippen LogP) is 1.16. The quantitative estimate of drug-likeness (QED) is 0.546. The molecule has 1 atom stereocenters. The summed E-state index contributed by atoms with van der Waals surface area (Å²) in [5, 5.41) is 6.13. The Morgan fingerprint density at radius 3 is 2.59 bits per heavy atom. The second kappa shape index (κ2) is 10.9. The summed E-state index contributed by atoms with van der Waals surface area (Å²) in [6.45, 7) is 3.35. The largest absolute Gasteiger partial charge is 0.369 e. The van der Waals surface area contributed by atoms with Crippen molar-refractivity contribution in [1.82, 2.24) is 15.5 Å².